The molecular weight excluding hydrogens is 326 g/mol. The van der Waals surface area contributed by atoms with Gasteiger partial charge in [-0.05, 0) is 26.0 Å². The Hall–Kier alpha value is -3.03. The highest BCUT2D eigenvalue weighted by atomic mass is 16.5. The van der Waals surface area contributed by atoms with Gasteiger partial charge in [0.1, 0.15) is 5.92 Å². The van der Waals surface area contributed by atoms with Gasteiger partial charge in [0.15, 0.2) is 11.8 Å². The van der Waals surface area contributed by atoms with Crippen molar-refractivity contribution in [1.82, 2.24) is 5.01 Å². The number of hydrazone groups is 1. The van der Waals surface area contributed by atoms with Gasteiger partial charge in [0, 0.05) is 6.92 Å². The van der Waals surface area contributed by atoms with Crippen LogP contribution in [0.5, 0.6) is 0 Å². The van der Waals surface area contributed by atoms with Gasteiger partial charge in [-0.25, -0.2) is 14.7 Å². The Balaban J connectivity index is 2.03. The lowest BCUT2D eigenvalue weighted by Crippen LogP contribution is -2.41. The second-order valence-electron chi connectivity index (χ2n) is 5.84. The zero-order valence-corrected chi connectivity index (χ0v) is 14.1. The summed E-state index contributed by atoms with van der Waals surface area (Å²) in [5, 5.41) is 4.79. The van der Waals surface area contributed by atoms with E-state index in [-0.39, 0.29) is 12.3 Å². The Morgan fingerprint density at radius 2 is 1.80 bits per heavy atom. The molecule has 130 valence electrons. The molecule has 2 aliphatic heterocycles. The van der Waals surface area contributed by atoms with Crippen LogP contribution >= 0.6 is 0 Å². The summed E-state index contributed by atoms with van der Waals surface area (Å²) in [4.78, 5) is 50.6. The minimum absolute atomic E-state index is 0.0964. The van der Waals surface area contributed by atoms with Gasteiger partial charge >= 0.3 is 5.97 Å². The number of esters is 1. The molecule has 0 spiro atoms. The standard InChI is InChI=1S/C17H17N3O5/c1-4-25-17(24)13-12-14(20(18-13)10(3)21)16(23)19(15(12)22)11-7-5-9(2)6-8-11/h5-8,12,14H,4H2,1-3H3/t12-,14+/m1/s1. The van der Waals surface area contributed by atoms with Crippen LogP contribution in [0.25, 0.3) is 0 Å². The van der Waals surface area contributed by atoms with E-state index >= 15 is 0 Å². The molecule has 1 saturated heterocycles. The molecule has 0 saturated carbocycles. The van der Waals surface area contributed by atoms with Crippen molar-refractivity contribution in [3.05, 3.63) is 29.8 Å². The highest BCUT2D eigenvalue weighted by Gasteiger charge is 2.59. The minimum atomic E-state index is -1.15. The van der Waals surface area contributed by atoms with Gasteiger partial charge in [0.05, 0.1) is 12.3 Å². The number of carbonyl (C=O) groups excluding carboxylic acids is 4. The van der Waals surface area contributed by atoms with E-state index in [2.05, 4.69) is 5.10 Å². The van der Waals surface area contributed by atoms with Crippen molar-refractivity contribution in [2.45, 2.75) is 26.8 Å². The van der Waals surface area contributed by atoms with Crippen molar-refractivity contribution in [2.24, 2.45) is 11.0 Å². The molecule has 1 fully saturated rings. The van der Waals surface area contributed by atoms with Crippen LogP contribution in [0.2, 0.25) is 0 Å². The third-order valence-electron chi connectivity index (χ3n) is 4.15. The van der Waals surface area contributed by atoms with Crippen LogP contribution in [0.3, 0.4) is 0 Å². The molecule has 0 N–H and O–H groups in total. The topological polar surface area (TPSA) is 96.3 Å². The van der Waals surface area contributed by atoms with E-state index in [0.29, 0.717) is 5.69 Å². The summed E-state index contributed by atoms with van der Waals surface area (Å²) in [7, 11) is 0. The molecule has 2 atom stereocenters. The summed E-state index contributed by atoms with van der Waals surface area (Å²) in [6.45, 7) is 4.82. The first-order valence-corrected chi connectivity index (χ1v) is 7.86. The summed E-state index contributed by atoms with van der Waals surface area (Å²) in [5.74, 6) is -3.64. The van der Waals surface area contributed by atoms with E-state index in [9.17, 15) is 19.2 Å². The molecule has 2 aliphatic rings. The Morgan fingerprint density at radius 1 is 1.16 bits per heavy atom. The van der Waals surface area contributed by atoms with Gasteiger partial charge in [-0.15, -0.1) is 0 Å². The molecule has 3 rings (SSSR count). The number of ether oxygens (including phenoxy) is 1. The maximum Gasteiger partial charge on any atom is 0.355 e. The molecule has 8 nitrogen and oxygen atoms in total. The van der Waals surface area contributed by atoms with E-state index < -0.39 is 35.7 Å². The van der Waals surface area contributed by atoms with Crippen molar-refractivity contribution < 1.29 is 23.9 Å². The second-order valence-corrected chi connectivity index (χ2v) is 5.84. The number of rotatable bonds is 3. The van der Waals surface area contributed by atoms with Crippen LogP contribution in [-0.2, 0) is 23.9 Å². The molecule has 0 aliphatic carbocycles. The first-order valence-electron chi connectivity index (χ1n) is 7.86. The van der Waals surface area contributed by atoms with E-state index in [1.165, 1.54) is 6.92 Å². The Bertz CT molecular complexity index is 799. The summed E-state index contributed by atoms with van der Waals surface area (Å²) < 4.78 is 4.91. The van der Waals surface area contributed by atoms with E-state index in [4.69, 9.17) is 4.74 Å². The van der Waals surface area contributed by atoms with Gasteiger partial charge in [-0.2, -0.15) is 5.10 Å². The van der Waals surface area contributed by atoms with Crippen LogP contribution in [0, 0.1) is 12.8 Å². The van der Waals surface area contributed by atoms with Gasteiger partial charge in [-0.3, -0.25) is 14.4 Å². The lowest BCUT2D eigenvalue weighted by molar-refractivity contribution is -0.136. The lowest BCUT2D eigenvalue weighted by Gasteiger charge is -2.19. The first-order chi connectivity index (χ1) is 11.9. The van der Waals surface area contributed by atoms with Crippen LogP contribution in [0.15, 0.2) is 29.4 Å². The fraction of sp³-hybridized carbons (Fsp3) is 0.353. The first kappa shape index (κ1) is 16.8. The number of hydrogen-bond donors (Lipinski definition) is 0. The third kappa shape index (κ3) is 2.59. The fourth-order valence-electron chi connectivity index (χ4n) is 3.00. The second kappa shape index (κ2) is 6.12. The van der Waals surface area contributed by atoms with Crippen LogP contribution in [0.1, 0.15) is 19.4 Å². The number of benzene rings is 1. The van der Waals surface area contributed by atoms with E-state index in [0.717, 1.165) is 15.5 Å². The maximum atomic E-state index is 12.8. The summed E-state index contributed by atoms with van der Waals surface area (Å²) >= 11 is 0. The predicted octanol–water partition coefficient (Wildman–Crippen LogP) is 0.634. The molecular formula is C17H17N3O5. The molecule has 1 aromatic rings. The van der Waals surface area contributed by atoms with E-state index in [1.807, 2.05) is 6.92 Å². The van der Waals surface area contributed by atoms with Gasteiger partial charge < -0.3 is 4.74 Å². The summed E-state index contributed by atoms with van der Waals surface area (Å²) in [6, 6.07) is 5.68. The SMILES string of the molecule is CCOC(=O)C1=NN(C(C)=O)[C@@H]2C(=O)N(c3ccc(C)cc3)C(=O)[C@H]12. The largest absolute Gasteiger partial charge is 0.461 e. The fourth-order valence-corrected chi connectivity index (χ4v) is 3.00. The number of carbonyl (C=O) groups is 4. The molecule has 25 heavy (non-hydrogen) atoms. The smallest absolute Gasteiger partial charge is 0.355 e. The molecule has 8 heteroatoms. The maximum absolute atomic E-state index is 12.8. The Morgan fingerprint density at radius 3 is 2.36 bits per heavy atom. The normalized spacial score (nSPS) is 22.1. The summed E-state index contributed by atoms with van der Waals surface area (Å²) in [5.41, 5.74) is 1.15. The van der Waals surface area contributed by atoms with Crippen LogP contribution in [-0.4, -0.2) is 47.1 Å². The lowest BCUT2D eigenvalue weighted by atomic mass is 9.98. The van der Waals surface area contributed by atoms with Crippen molar-refractivity contribution in [3.63, 3.8) is 0 Å². The van der Waals surface area contributed by atoms with Gasteiger partial charge in [-0.1, -0.05) is 17.7 Å². The third-order valence-corrected chi connectivity index (χ3v) is 4.15. The van der Waals surface area contributed by atoms with E-state index in [1.54, 1.807) is 31.2 Å². The van der Waals surface area contributed by atoms with Crippen molar-refractivity contribution in [2.75, 3.05) is 11.5 Å². The zero-order chi connectivity index (χ0) is 18.3. The number of anilines is 1. The molecule has 2 heterocycles. The quantitative estimate of drug-likeness (QED) is 0.592. The van der Waals surface area contributed by atoms with Crippen LogP contribution in [0.4, 0.5) is 5.69 Å². The Labute approximate surface area is 144 Å². The molecule has 0 aromatic heterocycles. The molecule has 0 bridgehead atoms. The Kier molecular flexibility index (Phi) is 4.12. The van der Waals surface area contributed by atoms with Crippen molar-refractivity contribution in [3.8, 4) is 0 Å². The number of hydrogen-bond acceptors (Lipinski definition) is 6. The van der Waals surface area contributed by atoms with Crippen LogP contribution < -0.4 is 4.90 Å². The molecule has 1 aromatic carbocycles. The average molecular weight is 343 g/mol. The predicted molar refractivity (Wildman–Crippen MR) is 87.5 cm³/mol. The number of imide groups is 1. The number of nitrogens with zero attached hydrogens (tertiary/aromatic N) is 3. The van der Waals surface area contributed by atoms with Gasteiger partial charge in [0.25, 0.3) is 5.91 Å². The monoisotopic (exact) mass is 343 g/mol. The molecule has 0 unspecified atom stereocenters. The highest BCUT2D eigenvalue weighted by Crippen LogP contribution is 2.35. The number of amides is 3. The van der Waals surface area contributed by atoms with Gasteiger partial charge in [0.2, 0.25) is 11.8 Å². The van der Waals surface area contributed by atoms with Crippen molar-refractivity contribution >= 4 is 35.1 Å². The zero-order valence-electron chi connectivity index (χ0n) is 14.1. The highest BCUT2D eigenvalue weighted by molar-refractivity contribution is 6.47. The molecule has 3 amide bonds. The van der Waals surface area contributed by atoms with Crippen molar-refractivity contribution in [1.29, 1.82) is 0 Å². The molecule has 0 radical (unpaired) electrons. The minimum Gasteiger partial charge on any atom is -0.461 e. The number of fused-ring (bicyclic) bond motifs is 1. The number of aryl methyl sites for hydroxylation is 1. The summed E-state index contributed by atoms with van der Waals surface area (Å²) in [6.07, 6.45) is 0. The average Bonchev–Trinajstić information content (AvgIpc) is 3.07.